The molecule has 116 valence electrons. The van der Waals surface area contributed by atoms with E-state index < -0.39 is 15.9 Å². The van der Waals surface area contributed by atoms with Gasteiger partial charge >= 0.3 is 0 Å². The van der Waals surface area contributed by atoms with Gasteiger partial charge in [-0.15, -0.1) is 0 Å². The van der Waals surface area contributed by atoms with Gasteiger partial charge in [0.15, 0.2) is 5.82 Å². The highest BCUT2D eigenvalue weighted by Gasteiger charge is 2.30. The van der Waals surface area contributed by atoms with Crippen LogP contribution in [0.15, 0.2) is 24.3 Å². The quantitative estimate of drug-likeness (QED) is 0.887. The number of rotatable bonds is 3. The molecule has 0 unspecified atom stereocenters. The van der Waals surface area contributed by atoms with E-state index in [1.807, 2.05) is 0 Å². The van der Waals surface area contributed by atoms with Crippen LogP contribution in [0, 0.1) is 0 Å². The van der Waals surface area contributed by atoms with E-state index in [9.17, 15) is 13.2 Å². The van der Waals surface area contributed by atoms with Crippen LogP contribution in [-0.4, -0.2) is 35.1 Å². The van der Waals surface area contributed by atoms with Crippen LogP contribution in [0.2, 0.25) is 5.02 Å². The number of carbonyl (C=O) groups is 1. The Hall–Kier alpha value is -1.90. The average Bonchev–Trinajstić information content (AvgIpc) is 3.01. The Morgan fingerprint density at radius 2 is 2.09 bits per heavy atom. The molecule has 1 aromatic heterocycles. The van der Waals surface area contributed by atoms with Crippen molar-refractivity contribution < 1.29 is 13.2 Å². The van der Waals surface area contributed by atoms with Crippen molar-refractivity contribution >= 4 is 33.3 Å². The Labute approximate surface area is 132 Å². The number of aromatic amines is 1. The Kier molecular flexibility index (Phi) is 3.67. The molecule has 2 heterocycles. The third kappa shape index (κ3) is 2.72. The van der Waals surface area contributed by atoms with Crippen molar-refractivity contribution in [2.45, 2.75) is 13.1 Å². The van der Waals surface area contributed by atoms with E-state index in [2.05, 4.69) is 15.5 Å². The summed E-state index contributed by atoms with van der Waals surface area (Å²) in [6.45, 7) is 0.409. The zero-order valence-corrected chi connectivity index (χ0v) is 13.2. The first-order valence-corrected chi connectivity index (χ1v) is 8.66. The number of hydrogen-bond acceptors (Lipinski definition) is 4. The van der Waals surface area contributed by atoms with Crippen LogP contribution in [0.1, 0.15) is 21.6 Å². The molecule has 0 bridgehead atoms. The molecule has 2 aromatic rings. The van der Waals surface area contributed by atoms with Crippen LogP contribution in [0.5, 0.6) is 0 Å². The van der Waals surface area contributed by atoms with E-state index in [1.54, 1.807) is 24.3 Å². The van der Waals surface area contributed by atoms with E-state index in [0.717, 1.165) is 6.26 Å². The summed E-state index contributed by atoms with van der Waals surface area (Å²) < 4.78 is 24.5. The maximum atomic E-state index is 12.2. The first kappa shape index (κ1) is 15.0. The lowest BCUT2D eigenvalue weighted by atomic mass is 10.2. The fourth-order valence-electron chi connectivity index (χ4n) is 2.27. The minimum Gasteiger partial charge on any atom is -0.305 e. The molecule has 22 heavy (non-hydrogen) atoms. The zero-order valence-electron chi connectivity index (χ0n) is 11.6. The number of nitrogens with one attached hydrogen (secondary N) is 2. The summed E-state index contributed by atoms with van der Waals surface area (Å²) in [7, 11) is -3.29. The lowest BCUT2D eigenvalue weighted by Crippen LogP contribution is -2.24. The van der Waals surface area contributed by atoms with Crippen molar-refractivity contribution in [1.82, 2.24) is 14.5 Å². The fourth-order valence-corrected chi connectivity index (χ4v) is 3.22. The van der Waals surface area contributed by atoms with E-state index in [4.69, 9.17) is 11.6 Å². The summed E-state index contributed by atoms with van der Waals surface area (Å²) in [5, 5.41) is 9.79. The van der Waals surface area contributed by atoms with Crippen molar-refractivity contribution in [3.8, 4) is 0 Å². The number of benzene rings is 1. The highest BCUT2D eigenvalue weighted by Crippen LogP contribution is 2.29. The molecule has 0 saturated carbocycles. The Morgan fingerprint density at radius 1 is 1.36 bits per heavy atom. The van der Waals surface area contributed by atoms with Crippen molar-refractivity contribution in [2.24, 2.45) is 0 Å². The van der Waals surface area contributed by atoms with E-state index >= 15 is 0 Å². The SMILES string of the molecule is CS(=O)(=O)N1Cc2[nH]nc(NC(=O)c3ccccc3Cl)c2C1. The first-order valence-electron chi connectivity index (χ1n) is 6.43. The van der Waals surface area contributed by atoms with Crippen molar-refractivity contribution in [3.63, 3.8) is 0 Å². The molecule has 1 amide bonds. The highest BCUT2D eigenvalue weighted by atomic mass is 35.5. The fraction of sp³-hybridized carbons (Fsp3) is 0.231. The van der Waals surface area contributed by atoms with Crippen LogP contribution in [0.3, 0.4) is 0 Å². The standard InChI is InChI=1S/C13H13ClN4O3S/c1-22(20,21)18-6-9-11(7-18)16-17-12(9)15-13(19)8-4-2-3-5-10(8)14/h2-5H,6-7H2,1H3,(H2,15,16,17,19). The van der Waals surface area contributed by atoms with E-state index in [0.29, 0.717) is 27.7 Å². The number of carbonyl (C=O) groups excluding carboxylic acids is 1. The van der Waals surface area contributed by atoms with E-state index in [-0.39, 0.29) is 13.1 Å². The molecular weight excluding hydrogens is 328 g/mol. The lowest BCUT2D eigenvalue weighted by molar-refractivity contribution is 0.102. The number of amides is 1. The zero-order chi connectivity index (χ0) is 15.9. The summed E-state index contributed by atoms with van der Waals surface area (Å²) in [6, 6.07) is 6.67. The molecule has 9 heteroatoms. The minimum atomic E-state index is -3.29. The van der Waals surface area contributed by atoms with Crippen molar-refractivity contribution in [2.75, 3.05) is 11.6 Å². The van der Waals surface area contributed by atoms with Gasteiger partial charge in [-0.1, -0.05) is 23.7 Å². The second-order valence-electron chi connectivity index (χ2n) is 4.99. The summed E-state index contributed by atoms with van der Waals surface area (Å²) in [5.74, 6) is -0.0659. The lowest BCUT2D eigenvalue weighted by Gasteiger charge is -2.11. The van der Waals surface area contributed by atoms with Crippen molar-refractivity contribution in [3.05, 3.63) is 46.1 Å². The Balaban J connectivity index is 1.82. The van der Waals surface area contributed by atoms with Gasteiger partial charge in [0.25, 0.3) is 5.91 Å². The molecule has 0 fully saturated rings. The molecule has 0 radical (unpaired) electrons. The van der Waals surface area contributed by atoms with Gasteiger partial charge < -0.3 is 5.32 Å². The monoisotopic (exact) mass is 340 g/mol. The number of sulfonamides is 1. The number of fused-ring (bicyclic) bond motifs is 1. The summed E-state index contributed by atoms with van der Waals surface area (Å²) in [5.41, 5.74) is 1.68. The maximum absolute atomic E-state index is 12.2. The number of hydrogen-bond donors (Lipinski definition) is 2. The van der Waals surface area contributed by atoms with Crippen LogP contribution in [0.4, 0.5) is 5.82 Å². The Morgan fingerprint density at radius 3 is 2.77 bits per heavy atom. The number of nitrogens with zero attached hydrogens (tertiary/aromatic N) is 2. The van der Waals surface area contributed by atoms with Crippen LogP contribution in [-0.2, 0) is 23.1 Å². The third-order valence-electron chi connectivity index (χ3n) is 3.44. The molecule has 2 N–H and O–H groups in total. The first-order chi connectivity index (χ1) is 10.4. The predicted molar refractivity (Wildman–Crippen MR) is 82.1 cm³/mol. The van der Waals surface area contributed by atoms with Gasteiger partial charge in [-0.2, -0.15) is 9.40 Å². The molecule has 0 saturated heterocycles. The summed E-state index contributed by atoms with van der Waals surface area (Å²) >= 11 is 5.98. The van der Waals surface area contributed by atoms with E-state index in [1.165, 1.54) is 4.31 Å². The van der Waals surface area contributed by atoms with Crippen LogP contribution < -0.4 is 5.32 Å². The molecule has 3 rings (SSSR count). The van der Waals surface area contributed by atoms with Gasteiger partial charge in [0.05, 0.1) is 29.1 Å². The molecule has 0 aliphatic carbocycles. The smallest absolute Gasteiger partial charge is 0.258 e. The molecular formula is C13H13ClN4O3S. The number of aromatic nitrogens is 2. The second-order valence-corrected chi connectivity index (χ2v) is 7.38. The number of halogens is 1. The normalized spacial score (nSPS) is 14.8. The van der Waals surface area contributed by atoms with Crippen LogP contribution in [0.25, 0.3) is 0 Å². The Bertz CT molecular complexity index is 847. The van der Waals surface area contributed by atoms with Crippen LogP contribution >= 0.6 is 11.6 Å². The summed E-state index contributed by atoms with van der Waals surface area (Å²) in [6.07, 6.45) is 1.15. The van der Waals surface area contributed by atoms with Gasteiger partial charge in [0, 0.05) is 12.1 Å². The van der Waals surface area contributed by atoms with Gasteiger partial charge in [0.2, 0.25) is 10.0 Å². The van der Waals surface area contributed by atoms with Gasteiger partial charge in [-0.05, 0) is 12.1 Å². The molecule has 1 aliphatic rings. The molecule has 0 atom stereocenters. The molecule has 1 aromatic carbocycles. The topological polar surface area (TPSA) is 95.2 Å². The summed E-state index contributed by atoms with van der Waals surface area (Å²) in [4.78, 5) is 12.2. The van der Waals surface area contributed by atoms with Gasteiger partial charge in [0.1, 0.15) is 0 Å². The highest BCUT2D eigenvalue weighted by molar-refractivity contribution is 7.88. The van der Waals surface area contributed by atoms with Gasteiger partial charge in [-0.3, -0.25) is 9.89 Å². The molecule has 7 nitrogen and oxygen atoms in total. The molecule has 1 aliphatic heterocycles. The predicted octanol–water partition coefficient (Wildman–Crippen LogP) is 1.59. The average molecular weight is 341 g/mol. The van der Waals surface area contributed by atoms with Gasteiger partial charge in [-0.25, -0.2) is 8.42 Å². The van der Waals surface area contributed by atoms with Crippen molar-refractivity contribution in [1.29, 1.82) is 0 Å². The third-order valence-corrected chi connectivity index (χ3v) is 4.97. The number of anilines is 1. The molecule has 0 spiro atoms. The second kappa shape index (κ2) is 5.38. The largest absolute Gasteiger partial charge is 0.305 e. The number of H-pyrrole nitrogens is 1. The minimum absolute atomic E-state index is 0.183. The maximum Gasteiger partial charge on any atom is 0.258 e.